The third-order valence-corrected chi connectivity index (χ3v) is 2.26. The topological polar surface area (TPSA) is 0 Å². The normalized spacial score (nSPS) is 20.7. The quantitative estimate of drug-likeness (QED) is 0.552. The standard InChI is InChI=1S/C4H6S.Cr/c1-5-4-2-3-4;/h1,4H,2-3H2;. The molecular formula is C4H6CrS. The summed E-state index contributed by atoms with van der Waals surface area (Å²) in [6, 6.07) is 0. The zero-order valence-electron chi connectivity index (χ0n) is 3.39. The van der Waals surface area contributed by atoms with Gasteiger partial charge in [-0.25, -0.2) is 0 Å². The molecule has 0 aromatic heterocycles. The number of hydrogen-bond acceptors (Lipinski definition) is 1. The summed E-state index contributed by atoms with van der Waals surface area (Å²) < 4.78 is 2.05. The van der Waals surface area contributed by atoms with Crippen molar-refractivity contribution in [1.29, 1.82) is 0 Å². The molecule has 1 aliphatic carbocycles. The van der Waals surface area contributed by atoms with Crippen molar-refractivity contribution >= 4 is 16.0 Å². The molecule has 0 amide bonds. The van der Waals surface area contributed by atoms with Crippen LogP contribution in [0.15, 0.2) is 0 Å². The van der Waals surface area contributed by atoms with E-state index >= 15 is 0 Å². The van der Waals surface area contributed by atoms with Gasteiger partial charge in [-0.05, 0) is 0 Å². The fraction of sp³-hybridized carbons (Fsp3) is 0.750. The first-order chi connectivity index (χ1) is 2.93. The van der Waals surface area contributed by atoms with Crippen LogP contribution in [-0.2, 0) is 15.9 Å². The maximum absolute atomic E-state index is 2.85. The second-order valence-corrected chi connectivity index (χ2v) is 3.46. The van der Waals surface area contributed by atoms with Crippen LogP contribution in [0, 0.1) is 0 Å². The second-order valence-electron chi connectivity index (χ2n) is 1.43. The van der Waals surface area contributed by atoms with E-state index in [-0.39, 0.29) is 0 Å². The van der Waals surface area contributed by atoms with Crippen LogP contribution in [0.5, 0.6) is 0 Å². The van der Waals surface area contributed by atoms with Crippen molar-refractivity contribution in [2.45, 2.75) is 18.1 Å². The fourth-order valence-electron chi connectivity index (χ4n) is 0.283. The van der Waals surface area contributed by atoms with Gasteiger partial charge < -0.3 is 0 Å². The van der Waals surface area contributed by atoms with Crippen LogP contribution in [0.3, 0.4) is 0 Å². The third kappa shape index (κ3) is 1.47. The minimum atomic E-state index is 0.978. The minimum absolute atomic E-state index is 0.978. The molecule has 0 unspecified atom stereocenters. The summed E-state index contributed by atoms with van der Waals surface area (Å²) in [5.41, 5.74) is 0. The molecule has 0 atom stereocenters. The van der Waals surface area contributed by atoms with E-state index in [9.17, 15) is 0 Å². The second kappa shape index (κ2) is 2.16. The maximum atomic E-state index is 2.85. The molecule has 0 aliphatic heterocycles. The van der Waals surface area contributed by atoms with E-state index in [1.54, 1.807) is 0 Å². The first-order valence-corrected chi connectivity index (χ1v) is 3.70. The summed E-state index contributed by atoms with van der Waals surface area (Å²) in [6.45, 7) is 0. The fourth-order valence-corrected chi connectivity index (χ4v) is 1.58. The Labute approximate surface area is 50.3 Å². The molecule has 34 valence electrons. The van der Waals surface area contributed by atoms with Gasteiger partial charge in [-0.3, -0.25) is 0 Å². The van der Waals surface area contributed by atoms with Gasteiger partial charge in [-0.2, -0.15) is 0 Å². The molecule has 1 rings (SSSR count). The first-order valence-electron chi connectivity index (χ1n) is 2.02. The summed E-state index contributed by atoms with van der Waals surface area (Å²) in [6.07, 6.45) is 2.87. The van der Waals surface area contributed by atoms with Gasteiger partial charge in [0.1, 0.15) is 0 Å². The van der Waals surface area contributed by atoms with Crippen molar-refractivity contribution < 1.29 is 15.9 Å². The van der Waals surface area contributed by atoms with Crippen LogP contribution in [0.4, 0.5) is 0 Å². The van der Waals surface area contributed by atoms with Gasteiger partial charge in [0.25, 0.3) is 0 Å². The van der Waals surface area contributed by atoms with E-state index in [0.29, 0.717) is 0 Å². The zero-order valence-corrected chi connectivity index (χ0v) is 5.48. The van der Waals surface area contributed by atoms with Gasteiger partial charge in [0.05, 0.1) is 0 Å². The molecule has 0 N–H and O–H groups in total. The van der Waals surface area contributed by atoms with Crippen LogP contribution < -0.4 is 0 Å². The zero-order chi connectivity index (χ0) is 4.41. The van der Waals surface area contributed by atoms with E-state index in [0.717, 1.165) is 5.25 Å². The summed E-state index contributed by atoms with van der Waals surface area (Å²) in [5.74, 6) is 0. The first kappa shape index (κ1) is 4.90. The predicted octanol–water partition coefficient (Wildman–Crippen LogP) is 1.19. The SMILES string of the molecule is [Cr]=[CH]SC1CC1. The van der Waals surface area contributed by atoms with Gasteiger partial charge in [0.2, 0.25) is 0 Å². The average Bonchev–Trinajstić information content (AvgIpc) is 2.21. The molecule has 0 aromatic rings. The Bertz CT molecular complexity index is 58.6. The summed E-state index contributed by atoms with van der Waals surface area (Å²) >= 11 is 4.77. The Morgan fingerprint density at radius 1 is 1.67 bits per heavy atom. The Hall–Kier alpha value is 0.752. The molecule has 0 radical (unpaired) electrons. The van der Waals surface area contributed by atoms with Crippen molar-refractivity contribution in [2.75, 3.05) is 0 Å². The number of rotatable bonds is 2. The molecule has 1 aliphatic rings. The van der Waals surface area contributed by atoms with Crippen LogP contribution in [0.25, 0.3) is 0 Å². The number of thioether (sulfide) groups is 1. The number of hydrogen-bond donors (Lipinski definition) is 0. The summed E-state index contributed by atoms with van der Waals surface area (Å²) in [4.78, 5) is 0. The van der Waals surface area contributed by atoms with Crippen LogP contribution in [0.1, 0.15) is 12.8 Å². The van der Waals surface area contributed by atoms with E-state index in [1.165, 1.54) is 12.8 Å². The molecular weight excluding hydrogens is 132 g/mol. The molecule has 6 heavy (non-hydrogen) atoms. The molecule has 0 spiro atoms. The van der Waals surface area contributed by atoms with Crippen molar-refractivity contribution in [1.82, 2.24) is 0 Å². The summed E-state index contributed by atoms with van der Waals surface area (Å²) in [7, 11) is 0. The van der Waals surface area contributed by atoms with Crippen molar-refractivity contribution in [2.24, 2.45) is 0 Å². The Morgan fingerprint density at radius 2 is 2.33 bits per heavy atom. The molecule has 1 fully saturated rings. The van der Waals surface area contributed by atoms with Gasteiger partial charge in [0.15, 0.2) is 0 Å². The van der Waals surface area contributed by atoms with E-state index in [2.05, 4.69) is 20.1 Å². The molecule has 0 nitrogen and oxygen atoms in total. The Balaban J connectivity index is 2.00. The molecule has 1 saturated carbocycles. The predicted molar refractivity (Wildman–Crippen MR) is 26.7 cm³/mol. The van der Waals surface area contributed by atoms with Gasteiger partial charge in [0, 0.05) is 0 Å². The van der Waals surface area contributed by atoms with Crippen molar-refractivity contribution in [3.63, 3.8) is 0 Å². The van der Waals surface area contributed by atoms with E-state index in [1.807, 2.05) is 11.8 Å². The molecule has 0 saturated heterocycles. The Kier molecular flexibility index (Phi) is 1.77. The third-order valence-electron chi connectivity index (χ3n) is 0.772. The molecule has 0 heterocycles. The van der Waals surface area contributed by atoms with Crippen LogP contribution in [-0.4, -0.2) is 9.47 Å². The average molecular weight is 138 g/mol. The molecule has 2 heteroatoms. The molecule has 0 bridgehead atoms. The van der Waals surface area contributed by atoms with Crippen molar-refractivity contribution in [3.8, 4) is 0 Å². The van der Waals surface area contributed by atoms with Gasteiger partial charge in [-0.1, -0.05) is 0 Å². The Morgan fingerprint density at radius 3 is 2.50 bits per heavy atom. The van der Waals surface area contributed by atoms with Crippen LogP contribution in [0.2, 0.25) is 0 Å². The van der Waals surface area contributed by atoms with E-state index < -0.39 is 0 Å². The van der Waals surface area contributed by atoms with E-state index in [4.69, 9.17) is 0 Å². The monoisotopic (exact) mass is 138 g/mol. The van der Waals surface area contributed by atoms with Gasteiger partial charge in [-0.15, -0.1) is 0 Å². The van der Waals surface area contributed by atoms with Gasteiger partial charge >= 0.3 is 49.9 Å². The summed E-state index contributed by atoms with van der Waals surface area (Å²) in [5, 5.41) is 0.978. The van der Waals surface area contributed by atoms with Crippen LogP contribution >= 0.6 is 11.8 Å². The molecule has 0 aromatic carbocycles. The van der Waals surface area contributed by atoms with Crippen molar-refractivity contribution in [3.05, 3.63) is 0 Å².